The van der Waals surface area contributed by atoms with E-state index >= 15 is 0 Å². The van der Waals surface area contributed by atoms with Gasteiger partial charge in [0.25, 0.3) is 5.91 Å². The van der Waals surface area contributed by atoms with Gasteiger partial charge in [-0.3, -0.25) is 4.79 Å². The number of fused-ring (bicyclic) bond motifs is 1. The molecule has 3 rings (SSSR count). The van der Waals surface area contributed by atoms with Crippen molar-refractivity contribution in [1.82, 2.24) is 0 Å². The highest BCUT2D eigenvalue weighted by molar-refractivity contribution is 8.16. The summed E-state index contributed by atoms with van der Waals surface area (Å²) < 4.78 is 28.8. The third-order valence-corrected chi connectivity index (χ3v) is 7.32. The minimum Gasteiger partial charge on any atom is -0.480 e. The largest absolute Gasteiger partial charge is 0.480 e. The van der Waals surface area contributed by atoms with E-state index in [1.807, 2.05) is 36.1 Å². The lowest BCUT2D eigenvalue weighted by molar-refractivity contribution is -0.143. The molecule has 0 unspecified atom stereocenters. The van der Waals surface area contributed by atoms with Crippen LogP contribution >= 0.6 is 11.8 Å². The molecular weight excluding hydrogens is 380 g/mol. The zero-order chi connectivity index (χ0) is 18.9. The highest BCUT2D eigenvalue weighted by Gasteiger charge is 2.49. The molecule has 0 bridgehead atoms. The van der Waals surface area contributed by atoms with E-state index in [1.54, 1.807) is 0 Å². The molecule has 0 saturated carbocycles. The molecular formula is C16H18N2O6S2. The van der Waals surface area contributed by atoms with E-state index in [4.69, 9.17) is 9.84 Å². The Bertz CT molecular complexity index is 867. The van der Waals surface area contributed by atoms with Gasteiger partial charge >= 0.3 is 5.97 Å². The molecule has 0 aliphatic carbocycles. The number of rotatable bonds is 5. The number of sulfone groups is 1. The molecule has 8 nitrogen and oxygen atoms in total. The Balaban J connectivity index is 1.87. The van der Waals surface area contributed by atoms with Gasteiger partial charge in [0.1, 0.15) is 13.2 Å². The fraction of sp³-hybridized carbons (Fsp3) is 0.438. The Morgan fingerprint density at radius 2 is 2.04 bits per heavy atom. The van der Waals surface area contributed by atoms with E-state index < -0.39 is 34.9 Å². The predicted octanol–water partition coefficient (Wildman–Crippen LogP) is 0.698. The molecule has 1 aromatic carbocycles. The van der Waals surface area contributed by atoms with Gasteiger partial charge in [-0.25, -0.2) is 13.2 Å². The first-order valence-electron chi connectivity index (χ1n) is 7.90. The maximum absolute atomic E-state index is 12.0. The second kappa shape index (κ2) is 7.37. The van der Waals surface area contributed by atoms with Gasteiger partial charge in [0.15, 0.2) is 15.0 Å². The average molecular weight is 398 g/mol. The van der Waals surface area contributed by atoms with E-state index in [2.05, 4.69) is 4.99 Å². The topological polar surface area (TPSA) is 113 Å². The van der Waals surface area contributed by atoms with Crippen molar-refractivity contribution in [1.29, 1.82) is 0 Å². The summed E-state index contributed by atoms with van der Waals surface area (Å²) in [6, 6.07) is 7.22. The maximum Gasteiger partial charge on any atom is 0.329 e. The van der Waals surface area contributed by atoms with Gasteiger partial charge in [-0.2, -0.15) is 4.99 Å². The van der Waals surface area contributed by atoms with Crippen LogP contribution in [0.1, 0.15) is 5.56 Å². The molecule has 10 heteroatoms. The van der Waals surface area contributed by atoms with Crippen LogP contribution in [0.15, 0.2) is 29.3 Å². The molecule has 0 aromatic heterocycles. The molecule has 26 heavy (non-hydrogen) atoms. The van der Waals surface area contributed by atoms with Crippen LogP contribution < -0.4 is 4.90 Å². The molecule has 1 aromatic rings. The van der Waals surface area contributed by atoms with Crippen molar-refractivity contribution in [2.45, 2.75) is 18.2 Å². The summed E-state index contributed by atoms with van der Waals surface area (Å²) in [5, 5.41) is 8.78. The summed E-state index contributed by atoms with van der Waals surface area (Å²) in [6.07, 6.45) is 0. The lowest BCUT2D eigenvalue weighted by atomic mass is 10.1. The van der Waals surface area contributed by atoms with Crippen molar-refractivity contribution in [2.75, 3.05) is 29.6 Å². The molecule has 140 valence electrons. The molecule has 2 heterocycles. The number of carboxylic acids is 1. The summed E-state index contributed by atoms with van der Waals surface area (Å²) in [4.78, 5) is 28.3. The number of carboxylic acid groups (broad SMARTS) is 1. The highest BCUT2D eigenvalue weighted by atomic mass is 32.2. The summed E-state index contributed by atoms with van der Waals surface area (Å²) in [5.41, 5.74) is 1.75. The summed E-state index contributed by atoms with van der Waals surface area (Å²) in [7, 11) is -3.13. The number of aliphatic imine (C=N–C) groups is 1. The standard InChI is InChI=1S/C16H18N2O6S2/c1-10-4-2-3-5-11(10)18-12-8-26(22,23)9-13(12)25-16(18)17-14(19)6-24-7-15(20)21/h2-5,12-13H,6-9H2,1H3,(H,20,21)/t12-,13+/m0/s1. The Morgan fingerprint density at radius 1 is 1.31 bits per heavy atom. The van der Waals surface area contributed by atoms with Crippen LogP contribution in [0, 0.1) is 6.92 Å². The first-order valence-corrected chi connectivity index (χ1v) is 10.6. The van der Waals surface area contributed by atoms with E-state index in [9.17, 15) is 18.0 Å². The van der Waals surface area contributed by atoms with Crippen molar-refractivity contribution < 1.29 is 27.9 Å². The number of hydrogen-bond donors (Lipinski definition) is 1. The van der Waals surface area contributed by atoms with Gasteiger partial charge in [0.05, 0.1) is 17.5 Å². The summed E-state index contributed by atoms with van der Waals surface area (Å²) in [5.74, 6) is -1.70. The molecule has 1 amide bonds. The van der Waals surface area contributed by atoms with E-state index in [1.165, 1.54) is 11.8 Å². The summed E-state index contributed by atoms with van der Waals surface area (Å²) >= 11 is 1.27. The number of amides is 1. The van der Waals surface area contributed by atoms with Gasteiger partial charge in [-0.05, 0) is 18.6 Å². The normalized spacial score (nSPS) is 25.4. The van der Waals surface area contributed by atoms with Crippen molar-refractivity contribution in [3.05, 3.63) is 29.8 Å². The number of anilines is 1. The lowest BCUT2D eigenvalue weighted by Crippen LogP contribution is -2.38. The predicted molar refractivity (Wildman–Crippen MR) is 98.4 cm³/mol. The first-order chi connectivity index (χ1) is 12.3. The van der Waals surface area contributed by atoms with Gasteiger partial charge in [-0.1, -0.05) is 30.0 Å². The van der Waals surface area contributed by atoms with Crippen molar-refractivity contribution in [3.63, 3.8) is 0 Å². The lowest BCUT2D eigenvalue weighted by Gasteiger charge is -2.26. The van der Waals surface area contributed by atoms with Crippen LogP contribution in [0.5, 0.6) is 0 Å². The van der Waals surface area contributed by atoms with Crippen molar-refractivity contribution in [2.24, 2.45) is 4.99 Å². The number of nitrogens with zero attached hydrogens (tertiary/aromatic N) is 2. The zero-order valence-corrected chi connectivity index (χ0v) is 15.6. The number of ether oxygens (including phenoxy) is 1. The third-order valence-electron chi connectivity index (χ3n) is 4.11. The SMILES string of the molecule is Cc1ccccc1N1C(=NC(=O)COCC(=O)O)S[C@@H]2CS(=O)(=O)C[C@@H]21. The number of carbonyl (C=O) groups excluding carboxylic acids is 1. The van der Waals surface area contributed by atoms with E-state index in [-0.39, 0.29) is 22.8 Å². The molecule has 2 fully saturated rings. The number of thioether (sulfide) groups is 1. The highest BCUT2D eigenvalue weighted by Crippen LogP contribution is 2.41. The van der Waals surface area contributed by atoms with Crippen LogP contribution in [0.2, 0.25) is 0 Å². The number of amidine groups is 1. The van der Waals surface area contributed by atoms with Crippen molar-refractivity contribution >= 4 is 44.3 Å². The minimum atomic E-state index is -3.13. The molecule has 2 atom stereocenters. The Kier molecular flexibility index (Phi) is 5.35. The molecule has 2 saturated heterocycles. The number of aliphatic carboxylic acids is 1. The molecule has 2 aliphatic rings. The second-order valence-electron chi connectivity index (χ2n) is 6.13. The van der Waals surface area contributed by atoms with E-state index in [0.29, 0.717) is 5.17 Å². The number of para-hydroxylation sites is 1. The Hall–Kier alpha value is -1.91. The van der Waals surface area contributed by atoms with Gasteiger partial charge < -0.3 is 14.7 Å². The Labute approximate surface area is 155 Å². The minimum absolute atomic E-state index is 0.0156. The van der Waals surface area contributed by atoms with Gasteiger partial charge in [0, 0.05) is 10.9 Å². The smallest absolute Gasteiger partial charge is 0.329 e. The number of aryl methyl sites for hydroxylation is 1. The van der Waals surface area contributed by atoms with Crippen LogP contribution in [-0.4, -0.2) is 66.6 Å². The fourth-order valence-electron chi connectivity index (χ4n) is 3.04. The van der Waals surface area contributed by atoms with Crippen LogP contribution in [0.25, 0.3) is 0 Å². The van der Waals surface area contributed by atoms with Crippen molar-refractivity contribution in [3.8, 4) is 0 Å². The number of benzene rings is 1. The molecule has 1 N–H and O–H groups in total. The van der Waals surface area contributed by atoms with Gasteiger partial charge in [0.2, 0.25) is 0 Å². The van der Waals surface area contributed by atoms with Gasteiger partial charge in [-0.15, -0.1) is 0 Å². The number of carbonyl (C=O) groups is 2. The van der Waals surface area contributed by atoms with Crippen LogP contribution in [0.4, 0.5) is 5.69 Å². The molecule has 2 aliphatic heterocycles. The Morgan fingerprint density at radius 3 is 2.73 bits per heavy atom. The molecule has 0 radical (unpaired) electrons. The third kappa shape index (κ3) is 4.08. The molecule has 0 spiro atoms. The quantitative estimate of drug-likeness (QED) is 0.771. The van der Waals surface area contributed by atoms with E-state index in [0.717, 1.165) is 11.3 Å². The monoisotopic (exact) mass is 398 g/mol. The van der Waals surface area contributed by atoms with Crippen LogP contribution in [0.3, 0.4) is 0 Å². The zero-order valence-electron chi connectivity index (χ0n) is 14.0. The average Bonchev–Trinajstić information content (AvgIpc) is 2.98. The maximum atomic E-state index is 12.0. The summed E-state index contributed by atoms with van der Waals surface area (Å²) in [6.45, 7) is 0.895. The fourth-order valence-corrected chi connectivity index (χ4v) is 6.97. The van der Waals surface area contributed by atoms with Crippen LogP contribution in [-0.2, 0) is 24.2 Å². The second-order valence-corrected chi connectivity index (χ2v) is 9.49. The number of hydrogen-bond acceptors (Lipinski definition) is 6. The first kappa shape index (κ1) is 18.9.